The fourth-order valence-corrected chi connectivity index (χ4v) is 5.49. The van der Waals surface area contributed by atoms with Crippen molar-refractivity contribution in [2.45, 2.75) is 75.2 Å². The van der Waals surface area contributed by atoms with E-state index in [1.54, 1.807) is 19.1 Å². The highest BCUT2D eigenvalue weighted by Gasteiger charge is 2.49. The normalized spacial score (nSPS) is 28.6. The number of nitrogens with one attached hydrogen (secondary N) is 1. The minimum Gasteiger partial charge on any atom is -0.370 e. The zero-order valence-corrected chi connectivity index (χ0v) is 21.3. The number of halogens is 8. The van der Waals surface area contributed by atoms with E-state index in [1.165, 1.54) is 19.1 Å². The van der Waals surface area contributed by atoms with Gasteiger partial charge in [0.1, 0.15) is 5.82 Å². The SMILES string of the molecule is C[C@@H](O[C@H]1CC[C@@H]([C@H]2C[C@](C)(N)C(=O)N2)[C@@H]1c1ccc(F)cc1)c1cc(C(F)(F)F)cc(C(F)(F)F)c1.Cl. The number of amides is 1. The van der Waals surface area contributed by atoms with Gasteiger partial charge in [0, 0.05) is 12.0 Å². The van der Waals surface area contributed by atoms with Gasteiger partial charge < -0.3 is 15.8 Å². The highest BCUT2D eigenvalue weighted by atomic mass is 35.5. The lowest BCUT2D eigenvalue weighted by Gasteiger charge is -2.31. The van der Waals surface area contributed by atoms with Crippen LogP contribution in [0.1, 0.15) is 67.4 Å². The number of ether oxygens (including phenoxy) is 1. The summed E-state index contributed by atoms with van der Waals surface area (Å²) in [5.41, 5.74) is 2.63. The summed E-state index contributed by atoms with van der Waals surface area (Å²) in [4.78, 5) is 12.3. The molecular formula is C26H28ClF7N2O2. The van der Waals surface area contributed by atoms with Crippen LogP contribution in [0.4, 0.5) is 30.7 Å². The van der Waals surface area contributed by atoms with Crippen LogP contribution in [-0.4, -0.2) is 23.6 Å². The van der Waals surface area contributed by atoms with Crippen LogP contribution in [0.15, 0.2) is 42.5 Å². The Labute approximate surface area is 221 Å². The number of hydrogen-bond donors (Lipinski definition) is 2. The lowest BCUT2D eigenvalue weighted by Crippen LogP contribution is -2.43. The molecule has 0 bridgehead atoms. The van der Waals surface area contributed by atoms with Crippen molar-refractivity contribution < 1.29 is 40.3 Å². The van der Waals surface area contributed by atoms with Crippen molar-refractivity contribution in [2.24, 2.45) is 11.7 Å². The number of carbonyl (C=O) groups excluding carboxylic acids is 1. The van der Waals surface area contributed by atoms with Crippen LogP contribution in [0.2, 0.25) is 0 Å². The predicted molar refractivity (Wildman–Crippen MR) is 128 cm³/mol. The standard InChI is InChI=1S/C26H27F7N2O2.ClH/c1-13(15-9-16(25(28,29)30)11-17(10-15)26(31,32)33)37-21-8-7-19(20-12-24(2,34)23(36)35-20)22(21)14-3-5-18(27)6-4-14;/h3-6,9-11,13,19-22H,7-8,12,34H2,1-2H3,(H,35,36);1H/t13-,19+,20-,21+,22+,24+;/m1./s1. The first kappa shape index (κ1) is 30.2. The Bertz CT molecular complexity index is 1120. The molecule has 4 nitrogen and oxygen atoms in total. The highest BCUT2D eigenvalue weighted by Crippen LogP contribution is 2.47. The summed E-state index contributed by atoms with van der Waals surface area (Å²) in [5, 5.41) is 2.91. The first-order valence-electron chi connectivity index (χ1n) is 11.9. The molecule has 2 aromatic rings. The van der Waals surface area contributed by atoms with E-state index in [0.717, 1.165) is 0 Å². The van der Waals surface area contributed by atoms with Crippen molar-refractivity contribution in [2.75, 3.05) is 0 Å². The van der Waals surface area contributed by atoms with E-state index >= 15 is 0 Å². The molecule has 1 saturated heterocycles. The van der Waals surface area contributed by atoms with Crippen LogP contribution in [0.5, 0.6) is 0 Å². The first-order chi connectivity index (χ1) is 17.1. The zero-order valence-electron chi connectivity index (χ0n) is 20.5. The number of carbonyl (C=O) groups is 1. The molecule has 38 heavy (non-hydrogen) atoms. The van der Waals surface area contributed by atoms with Gasteiger partial charge in [-0.1, -0.05) is 12.1 Å². The van der Waals surface area contributed by atoms with E-state index in [2.05, 4.69) is 5.32 Å². The van der Waals surface area contributed by atoms with E-state index in [0.29, 0.717) is 37.0 Å². The second kappa shape index (κ2) is 10.7. The molecule has 3 N–H and O–H groups in total. The Morgan fingerprint density at radius 3 is 2.03 bits per heavy atom. The van der Waals surface area contributed by atoms with Gasteiger partial charge in [-0.25, -0.2) is 4.39 Å². The second-order valence-electron chi connectivity index (χ2n) is 10.2. The van der Waals surface area contributed by atoms with E-state index in [4.69, 9.17) is 10.5 Å². The van der Waals surface area contributed by atoms with Crippen LogP contribution in [-0.2, 0) is 21.9 Å². The monoisotopic (exact) mass is 568 g/mol. The molecular weight excluding hydrogens is 541 g/mol. The smallest absolute Gasteiger partial charge is 0.370 e. The van der Waals surface area contributed by atoms with E-state index in [9.17, 15) is 35.5 Å². The second-order valence-corrected chi connectivity index (χ2v) is 10.2. The zero-order chi connectivity index (χ0) is 27.3. The largest absolute Gasteiger partial charge is 0.416 e. The average molecular weight is 569 g/mol. The number of benzene rings is 2. The summed E-state index contributed by atoms with van der Waals surface area (Å²) < 4.78 is 99.9. The minimum absolute atomic E-state index is 0. The lowest BCUT2D eigenvalue weighted by molar-refractivity contribution is -0.143. The van der Waals surface area contributed by atoms with Crippen LogP contribution in [0.25, 0.3) is 0 Å². The molecule has 2 aliphatic rings. The number of rotatable bonds is 5. The molecule has 1 amide bonds. The number of nitrogens with two attached hydrogens (primary N) is 1. The Morgan fingerprint density at radius 1 is 1.00 bits per heavy atom. The Hall–Kier alpha value is -2.37. The molecule has 0 aromatic heterocycles. The van der Waals surface area contributed by atoms with Gasteiger partial charge in [-0.05, 0) is 80.5 Å². The van der Waals surface area contributed by atoms with Crippen molar-refractivity contribution >= 4 is 18.3 Å². The number of hydrogen-bond acceptors (Lipinski definition) is 3. The Kier molecular flexibility index (Phi) is 8.46. The molecule has 1 aliphatic carbocycles. The van der Waals surface area contributed by atoms with E-state index in [-0.39, 0.29) is 41.9 Å². The molecule has 1 aliphatic heterocycles. The molecule has 0 radical (unpaired) electrons. The maximum Gasteiger partial charge on any atom is 0.416 e. The molecule has 2 aromatic carbocycles. The third kappa shape index (κ3) is 6.26. The van der Waals surface area contributed by atoms with E-state index < -0.39 is 53.0 Å². The van der Waals surface area contributed by atoms with Gasteiger partial charge in [0.2, 0.25) is 5.91 Å². The molecule has 2 fully saturated rings. The molecule has 4 rings (SSSR count). The van der Waals surface area contributed by atoms with Gasteiger partial charge in [-0.3, -0.25) is 4.79 Å². The van der Waals surface area contributed by atoms with Gasteiger partial charge >= 0.3 is 12.4 Å². The van der Waals surface area contributed by atoms with Crippen LogP contribution < -0.4 is 11.1 Å². The molecule has 0 spiro atoms. The summed E-state index contributed by atoms with van der Waals surface area (Å²) in [5.74, 6) is -1.34. The first-order valence-corrected chi connectivity index (χ1v) is 11.9. The average Bonchev–Trinajstić information content (AvgIpc) is 3.32. The van der Waals surface area contributed by atoms with Crippen molar-refractivity contribution in [3.63, 3.8) is 0 Å². The molecule has 12 heteroatoms. The third-order valence-corrected chi connectivity index (χ3v) is 7.36. The fourth-order valence-electron chi connectivity index (χ4n) is 5.49. The summed E-state index contributed by atoms with van der Waals surface area (Å²) in [7, 11) is 0. The molecule has 210 valence electrons. The van der Waals surface area contributed by atoms with Crippen molar-refractivity contribution in [1.29, 1.82) is 0 Å². The molecule has 6 atom stereocenters. The third-order valence-electron chi connectivity index (χ3n) is 7.36. The van der Waals surface area contributed by atoms with Gasteiger partial charge in [0.05, 0.1) is 28.9 Å². The molecule has 1 saturated carbocycles. The van der Waals surface area contributed by atoms with Gasteiger partial charge in [0.15, 0.2) is 0 Å². The van der Waals surface area contributed by atoms with Gasteiger partial charge in [-0.15, -0.1) is 12.4 Å². The molecule has 0 unspecified atom stereocenters. The molecule has 1 heterocycles. The highest BCUT2D eigenvalue weighted by molar-refractivity contribution is 5.88. The van der Waals surface area contributed by atoms with Gasteiger partial charge in [-0.2, -0.15) is 26.3 Å². The summed E-state index contributed by atoms with van der Waals surface area (Å²) in [6, 6.07) is 6.78. The van der Waals surface area contributed by atoms with Gasteiger partial charge in [0.25, 0.3) is 0 Å². The van der Waals surface area contributed by atoms with Crippen LogP contribution in [0.3, 0.4) is 0 Å². The quantitative estimate of drug-likeness (QED) is 0.403. The number of alkyl halides is 6. The predicted octanol–water partition coefficient (Wildman–Crippen LogP) is 6.53. The summed E-state index contributed by atoms with van der Waals surface area (Å²) in [6.07, 6.45) is -10.3. The fraction of sp³-hybridized carbons (Fsp3) is 0.500. The summed E-state index contributed by atoms with van der Waals surface area (Å²) >= 11 is 0. The van der Waals surface area contributed by atoms with E-state index in [1.807, 2.05) is 0 Å². The van der Waals surface area contributed by atoms with Crippen molar-refractivity contribution in [1.82, 2.24) is 5.32 Å². The maximum absolute atomic E-state index is 13.6. The minimum atomic E-state index is -4.97. The van der Waals surface area contributed by atoms with Crippen LogP contribution >= 0.6 is 12.4 Å². The van der Waals surface area contributed by atoms with Crippen molar-refractivity contribution in [3.8, 4) is 0 Å². The Morgan fingerprint density at radius 2 is 1.55 bits per heavy atom. The Balaban J connectivity index is 0.00000400. The topological polar surface area (TPSA) is 64.3 Å². The summed E-state index contributed by atoms with van der Waals surface area (Å²) in [6.45, 7) is 3.02. The maximum atomic E-state index is 13.6. The lowest BCUT2D eigenvalue weighted by atomic mass is 9.81. The van der Waals surface area contributed by atoms with Crippen molar-refractivity contribution in [3.05, 3.63) is 70.5 Å². The van der Waals surface area contributed by atoms with Crippen LogP contribution in [0, 0.1) is 11.7 Å².